The van der Waals surface area contributed by atoms with Crippen LogP contribution in [0.15, 0.2) is 48.8 Å². The van der Waals surface area contributed by atoms with E-state index in [4.69, 9.17) is 0 Å². The van der Waals surface area contributed by atoms with Crippen LogP contribution in [-0.4, -0.2) is 59.5 Å². The van der Waals surface area contributed by atoms with E-state index < -0.39 is 0 Å². The van der Waals surface area contributed by atoms with E-state index in [0.29, 0.717) is 5.92 Å². The zero-order valence-electron chi connectivity index (χ0n) is 21.3. The minimum atomic E-state index is -0.162. The van der Waals surface area contributed by atoms with Crippen molar-refractivity contribution in [3.05, 3.63) is 60.2 Å². The molecule has 1 aliphatic heterocycles. The Kier molecular flexibility index (Phi) is 7.85. The third kappa shape index (κ3) is 5.56. The molecular formula is C29H38FN5O. The van der Waals surface area contributed by atoms with Gasteiger partial charge in [0.15, 0.2) is 0 Å². The first-order valence-electron chi connectivity index (χ1n) is 13.5. The van der Waals surface area contributed by atoms with Crippen LogP contribution in [-0.2, 0) is 4.79 Å². The summed E-state index contributed by atoms with van der Waals surface area (Å²) >= 11 is 0. The number of hydrogen-bond donors (Lipinski definition) is 2. The Balaban J connectivity index is 1.29. The lowest BCUT2D eigenvalue weighted by Crippen LogP contribution is -2.48. The number of amides is 1. The Morgan fingerprint density at radius 1 is 1.08 bits per heavy atom. The molecule has 1 aromatic heterocycles. The number of benzene rings is 2. The number of fused-ring (bicyclic) bond motifs is 1. The first-order chi connectivity index (χ1) is 17.6. The molecule has 2 aromatic carbocycles. The molecule has 2 aliphatic rings. The van der Waals surface area contributed by atoms with Crippen molar-refractivity contribution < 1.29 is 9.18 Å². The third-order valence-corrected chi connectivity index (χ3v) is 8.16. The Hall–Kier alpha value is -2.93. The number of imidazole rings is 1. The second kappa shape index (κ2) is 11.4. The van der Waals surface area contributed by atoms with E-state index in [-0.39, 0.29) is 23.7 Å². The van der Waals surface area contributed by atoms with Crippen molar-refractivity contribution >= 4 is 22.6 Å². The van der Waals surface area contributed by atoms with Crippen LogP contribution in [0, 0.1) is 11.7 Å². The molecule has 0 spiro atoms. The number of H-pyrrole nitrogens is 1. The largest absolute Gasteiger partial charge is 0.367 e. The molecule has 3 aromatic rings. The first-order valence-corrected chi connectivity index (χ1v) is 13.5. The maximum Gasteiger partial charge on any atom is 0.217 e. The van der Waals surface area contributed by atoms with Crippen LogP contribution < -0.4 is 10.2 Å². The normalized spacial score (nSPS) is 19.3. The minimum Gasteiger partial charge on any atom is -0.367 e. The number of para-hydroxylation sites is 1. The molecule has 1 saturated carbocycles. The van der Waals surface area contributed by atoms with Crippen LogP contribution in [0.2, 0.25) is 0 Å². The van der Waals surface area contributed by atoms with Gasteiger partial charge in [0.1, 0.15) is 11.3 Å². The number of rotatable bonds is 8. The highest BCUT2D eigenvalue weighted by Crippen LogP contribution is 2.36. The quantitative estimate of drug-likeness (QED) is 0.461. The van der Waals surface area contributed by atoms with Gasteiger partial charge in [-0.2, -0.15) is 0 Å². The van der Waals surface area contributed by atoms with Gasteiger partial charge in [0.2, 0.25) is 5.91 Å². The van der Waals surface area contributed by atoms with Crippen LogP contribution in [0.1, 0.15) is 56.9 Å². The fraction of sp³-hybridized carbons (Fsp3) is 0.517. The van der Waals surface area contributed by atoms with E-state index in [1.807, 2.05) is 12.1 Å². The van der Waals surface area contributed by atoms with E-state index in [1.165, 1.54) is 24.9 Å². The standard InChI is InChI=1S/C29H38FN5O/c1-21(36)33-28(22-8-3-2-4-9-22)24(23-10-5-6-11-25(23)30)14-15-34-16-18-35(19-17-34)27-13-7-12-26-29(27)32-20-31-26/h5-7,10-13,20,22,24,28H,2-4,8-9,14-19H2,1H3,(H,31,32)(H,33,36). The molecule has 5 rings (SSSR count). The molecule has 2 fully saturated rings. The number of nitrogens with zero attached hydrogens (tertiary/aromatic N) is 3. The topological polar surface area (TPSA) is 64.3 Å². The number of anilines is 1. The van der Waals surface area contributed by atoms with Gasteiger partial charge >= 0.3 is 0 Å². The Morgan fingerprint density at radius 3 is 2.61 bits per heavy atom. The van der Waals surface area contributed by atoms with Crippen LogP contribution >= 0.6 is 0 Å². The minimum absolute atomic E-state index is 0.0203. The van der Waals surface area contributed by atoms with Gasteiger partial charge in [-0.05, 0) is 55.5 Å². The average molecular weight is 492 g/mol. The summed E-state index contributed by atoms with van der Waals surface area (Å²) < 4.78 is 15.1. The lowest BCUT2D eigenvalue weighted by Gasteiger charge is -2.39. The Bertz CT molecular complexity index is 1150. The van der Waals surface area contributed by atoms with Crippen LogP contribution in [0.3, 0.4) is 0 Å². The SMILES string of the molecule is CC(=O)NC(C1CCCCC1)C(CCN1CCN(c2cccc3[nH]cnc23)CC1)c1ccccc1F. The summed E-state index contributed by atoms with van der Waals surface area (Å²) in [6.45, 7) is 6.27. The van der Waals surface area contributed by atoms with Crippen LogP contribution in [0.25, 0.3) is 11.0 Å². The first kappa shape index (κ1) is 24.8. The summed E-state index contributed by atoms with van der Waals surface area (Å²) in [5, 5.41) is 3.26. The van der Waals surface area contributed by atoms with Crippen molar-refractivity contribution in [2.24, 2.45) is 5.92 Å². The fourth-order valence-corrected chi connectivity index (χ4v) is 6.32. The molecule has 192 valence electrons. The van der Waals surface area contributed by atoms with Gasteiger partial charge in [0.05, 0.1) is 17.5 Å². The maximum atomic E-state index is 15.1. The Labute approximate surface area is 213 Å². The van der Waals surface area contributed by atoms with Gasteiger partial charge in [-0.25, -0.2) is 9.37 Å². The van der Waals surface area contributed by atoms with Crippen molar-refractivity contribution in [3.8, 4) is 0 Å². The molecule has 36 heavy (non-hydrogen) atoms. The number of aromatic nitrogens is 2. The molecule has 0 bridgehead atoms. The highest BCUT2D eigenvalue weighted by Gasteiger charge is 2.34. The molecular weight excluding hydrogens is 453 g/mol. The predicted molar refractivity (Wildman–Crippen MR) is 143 cm³/mol. The summed E-state index contributed by atoms with van der Waals surface area (Å²) in [6.07, 6.45) is 8.43. The van der Waals surface area contributed by atoms with Gasteiger partial charge < -0.3 is 15.2 Å². The maximum absolute atomic E-state index is 15.1. The van der Waals surface area contributed by atoms with Crippen LogP contribution in [0.5, 0.6) is 0 Å². The number of carbonyl (C=O) groups is 1. The Morgan fingerprint density at radius 2 is 1.86 bits per heavy atom. The fourth-order valence-electron chi connectivity index (χ4n) is 6.32. The third-order valence-electron chi connectivity index (χ3n) is 8.16. The predicted octanol–water partition coefficient (Wildman–Crippen LogP) is 5.08. The number of aromatic amines is 1. The van der Waals surface area contributed by atoms with E-state index in [9.17, 15) is 4.79 Å². The van der Waals surface area contributed by atoms with E-state index in [0.717, 1.165) is 68.6 Å². The molecule has 7 heteroatoms. The lowest BCUT2D eigenvalue weighted by molar-refractivity contribution is -0.120. The lowest BCUT2D eigenvalue weighted by atomic mass is 9.75. The monoisotopic (exact) mass is 491 g/mol. The number of piperazine rings is 1. The zero-order chi connectivity index (χ0) is 24.9. The molecule has 2 heterocycles. The van der Waals surface area contributed by atoms with E-state index in [2.05, 4.69) is 43.3 Å². The smallest absolute Gasteiger partial charge is 0.217 e. The van der Waals surface area contributed by atoms with Crippen molar-refractivity contribution in [1.29, 1.82) is 0 Å². The number of carbonyl (C=O) groups excluding carboxylic acids is 1. The zero-order valence-corrected chi connectivity index (χ0v) is 21.3. The summed E-state index contributed by atoms with van der Waals surface area (Å²) in [5.41, 5.74) is 4.01. The number of nitrogens with one attached hydrogen (secondary N) is 2. The highest BCUT2D eigenvalue weighted by atomic mass is 19.1. The van der Waals surface area contributed by atoms with E-state index >= 15 is 4.39 Å². The molecule has 2 atom stereocenters. The van der Waals surface area contributed by atoms with Gasteiger partial charge in [0.25, 0.3) is 0 Å². The van der Waals surface area contributed by atoms with Gasteiger partial charge in [-0.15, -0.1) is 0 Å². The number of hydrogen-bond acceptors (Lipinski definition) is 4. The number of halogens is 1. The van der Waals surface area contributed by atoms with Crippen molar-refractivity contribution in [2.45, 2.75) is 57.4 Å². The van der Waals surface area contributed by atoms with Gasteiger partial charge in [0, 0.05) is 45.1 Å². The summed E-state index contributed by atoms with van der Waals surface area (Å²) in [5.74, 6) is 0.186. The second-order valence-electron chi connectivity index (χ2n) is 10.4. The van der Waals surface area contributed by atoms with Crippen molar-refractivity contribution in [1.82, 2.24) is 20.2 Å². The van der Waals surface area contributed by atoms with Crippen molar-refractivity contribution in [2.75, 3.05) is 37.6 Å². The summed E-state index contributed by atoms with van der Waals surface area (Å²) in [4.78, 5) is 24.9. The highest BCUT2D eigenvalue weighted by molar-refractivity contribution is 5.88. The second-order valence-corrected chi connectivity index (χ2v) is 10.4. The van der Waals surface area contributed by atoms with Crippen molar-refractivity contribution in [3.63, 3.8) is 0 Å². The van der Waals surface area contributed by atoms with Crippen LogP contribution in [0.4, 0.5) is 10.1 Å². The molecule has 1 saturated heterocycles. The van der Waals surface area contributed by atoms with E-state index in [1.54, 1.807) is 25.4 Å². The summed E-state index contributed by atoms with van der Waals surface area (Å²) in [6, 6.07) is 13.4. The average Bonchev–Trinajstić information content (AvgIpc) is 3.39. The molecule has 1 aliphatic carbocycles. The molecule has 6 nitrogen and oxygen atoms in total. The van der Waals surface area contributed by atoms with Gasteiger partial charge in [-0.1, -0.05) is 43.5 Å². The molecule has 0 radical (unpaired) electrons. The van der Waals surface area contributed by atoms with Gasteiger partial charge in [-0.3, -0.25) is 9.69 Å². The molecule has 2 N–H and O–H groups in total. The molecule has 1 amide bonds. The summed E-state index contributed by atoms with van der Waals surface area (Å²) in [7, 11) is 0. The molecule has 2 unspecified atom stereocenters.